The zero-order chi connectivity index (χ0) is 17.9. The van der Waals surface area contributed by atoms with Crippen LogP contribution < -0.4 is 0 Å². The molecule has 0 N–H and O–H groups in total. The largest absolute Gasteiger partial charge is 0.515 e. The minimum atomic E-state index is -2.08. The van der Waals surface area contributed by atoms with Crippen LogP contribution in [0.2, 0.25) is 16.6 Å². The van der Waals surface area contributed by atoms with Gasteiger partial charge in [0, 0.05) is 6.08 Å². The van der Waals surface area contributed by atoms with E-state index in [-0.39, 0.29) is 5.97 Å². The first-order valence-corrected chi connectivity index (χ1v) is 11.8. The fourth-order valence-corrected chi connectivity index (χ4v) is 8.91. The van der Waals surface area contributed by atoms with Gasteiger partial charge < -0.3 is 4.43 Å². The summed E-state index contributed by atoms with van der Waals surface area (Å²) in [5.74, 6) is -0.126. The summed E-state index contributed by atoms with van der Waals surface area (Å²) >= 11 is 0. The van der Waals surface area contributed by atoms with Gasteiger partial charge in [-0.2, -0.15) is 0 Å². The molecule has 0 radical (unpaired) electrons. The molecule has 0 atom stereocenters. The van der Waals surface area contributed by atoms with Crippen molar-refractivity contribution in [3.63, 3.8) is 0 Å². The molecule has 0 aromatic heterocycles. The first-order chi connectivity index (χ1) is 10.8. The second-order valence-corrected chi connectivity index (χ2v) is 13.1. The number of carbonyl (C=O) groups is 1. The molecule has 0 aliphatic rings. The first-order valence-electron chi connectivity index (χ1n) is 9.68. The highest BCUT2D eigenvalue weighted by Crippen LogP contribution is 2.42. The average molecular weight is 341 g/mol. The van der Waals surface area contributed by atoms with Crippen molar-refractivity contribution in [3.8, 4) is 0 Å². The molecule has 0 saturated carbocycles. The van der Waals surface area contributed by atoms with Crippen LogP contribution in [0.1, 0.15) is 93.4 Å². The Morgan fingerprint density at radius 1 is 0.870 bits per heavy atom. The van der Waals surface area contributed by atoms with Gasteiger partial charge in [-0.25, -0.2) is 4.79 Å². The third kappa shape index (κ3) is 7.69. The van der Waals surface area contributed by atoms with Crippen LogP contribution in [0.25, 0.3) is 0 Å². The highest BCUT2D eigenvalue weighted by atomic mass is 28.4. The predicted octanol–water partition coefficient (Wildman–Crippen LogP) is 7.01. The van der Waals surface area contributed by atoms with Gasteiger partial charge in [0.05, 0.1) is 0 Å². The summed E-state index contributed by atoms with van der Waals surface area (Å²) in [6, 6.07) is 0. The lowest BCUT2D eigenvalue weighted by atomic mass is 10.1. The second kappa shape index (κ2) is 11.9. The van der Waals surface area contributed by atoms with Gasteiger partial charge in [-0.15, -0.1) is 0 Å². The van der Waals surface area contributed by atoms with Crippen molar-refractivity contribution < 1.29 is 9.22 Å². The smallest absolute Gasteiger partial charge is 0.317 e. The molecule has 136 valence electrons. The van der Waals surface area contributed by atoms with Crippen LogP contribution in [-0.2, 0) is 9.22 Å². The monoisotopic (exact) mass is 340 g/mol. The molecule has 0 saturated heterocycles. The van der Waals surface area contributed by atoms with Crippen LogP contribution in [0.4, 0.5) is 0 Å². The molecule has 3 heteroatoms. The summed E-state index contributed by atoms with van der Waals surface area (Å²) in [5.41, 5.74) is 1.33. The number of hydrogen-bond acceptors (Lipinski definition) is 2. The topological polar surface area (TPSA) is 26.3 Å². The summed E-state index contributed by atoms with van der Waals surface area (Å²) in [7, 11) is -2.08. The molecule has 0 aromatic carbocycles. The van der Waals surface area contributed by atoms with E-state index in [1.165, 1.54) is 38.5 Å². The standard InChI is InChI=1S/C20H40O2Si/c1-8-9-10-11-12-13-14-15-16-20(21)22-23(17(2)3,18(4)5)19(6)7/h15-19H,8-14H2,1-7H3. The van der Waals surface area contributed by atoms with Crippen molar-refractivity contribution in [3.05, 3.63) is 12.2 Å². The molecule has 2 nitrogen and oxygen atoms in total. The average Bonchev–Trinajstić information content (AvgIpc) is 2.46. The molecule has 0 spiro atoms. The number of allylic oxidation sites excluding steroid dienone is 1. The van der Waals surface area contributed by atoms with Gasteiger partial charge in [-0.1, -0.05) is 86.6 Å². The summed E-state index contributed by atoms with van der Waals surface area (Å²) in [6.07, 6.45) is 12.4. The molecule has 0 bridgehead atoms. The van der Waals surface area contributed by atoms with Gasteiger partial charge in [0.1, 0.15) is 0 Å². The molecule has 0 amide bonds. The third-order valence-electron chi connectivity index (χ3n) is 4.96. The Hall–Kier alpha value is -0.573. The van der Waals surface area contributed by atoms with Crippen LogP contribution in [-0.4, -0.2) is 14.3 Å². The SMILES string of the molecule is CCCCCCCCC=CC(=O)O[Si](C(C)C)(C(C)C)C(C)C. The molecule has 0 unspecified atom stereocenters. The Bertz CT molecular complexity index is 324. The normalized spacial score (nSPS) is 12.8. The molecule has 23 heavy (non-hydrogen) atoms. The lowest BCUT2D eigenvalue weighted by Crippen LogP contribution is -2.49. The van der Waals surface area contributed by atoms with E-state index in [1.807, 2.05) is 6.08 Å². The lowest BCUT2D eigenvalue weighted by molar-refractivity contribution is -0.130. The van der Waals surface area contributed by atoms with Gasteiger partial charge in [-0.05, 0) is 29.5 Å². The van der Waals surface area contributed by atoms with Crippen molar-refractivity contribution in [2.75, 3.05) is 0 Å². The Kier molecular flexibility index (Phi) is 11.6. The minimum Gasteiger partial charge on any atom is -0.515 e. The van der Waals surface area contributed by atoms with Gasteiger partial charge in [0.2, 0.25) is 0 Å². The number of carbonyl (C=O) groups excluding carboxylic acids is 1. The maximum Gasteiger partial charge on any atom is 0.317 e. The number of rotatable bonds is 12. The van der Waals surface area contributed by atoms with Crippen molar-refractivity contribution >= 4 is 14.3 Å². The molecular formula is C20H40O2Si. The second-order valence-electron chi connectivity index (χ2n) is 7.70. The maximum atomic E-state index is 12.3. The summed E-state index contributed by atoms with van der Waals surface area (Å²) in [5, 5.41) is 0. The summed E-state index contributed by atoms with van der Waals surface area (Å²) in [6.45, 7) is 15.5. The zero-order valence-corrected chi connectivity index (χ0v) is 17.7. The fraction of sp³-hybridized carbons (Fsp3) is 0.850. The van der Waals surface area contributed by atoms with Crippen LogP contribution in [0.5, 0.6) is 0 Å². The van der Waals surface area contributed by atoms with E-state index < -0.39 is 8.32 Å². The number of unbranched alkanes of at least 4 members (excludes halogenated alkanes) is 6. The maximum absolute atomic E-state index is 12.3. The molecule has 0 fully saturated rings. The Labute approximate surface area is 146 Å². The molecular weight excluding hydrogens is 300 g/mol. The fourth-order valence-electron chi connectivity index (χ4n) is 3.78. The van der Waals surface area contributed by atoms with E-state index in [4.69, 9.17) is 4.43 Å². The van der Waals surface area contributed by atoms with Crippen LogP contribution in [0, 0.1) is 0 Å². The summed E-state index contributed by atoms with van der Waals surface area (Å²) < 4.78 is 6.10. The Morgan fingerprint density at radius 3 is 1.83 bits per heavy atom. The van der Waals surface area contributed by atoms with Crippen molar-refractivity contribution in [2.45, 2.75) is 110 Å². The molecule has 0 heterocycles. The van der Waals surface area contributed by atoms with Crippen molar-refractivity contribution in [2.24, 2.45) is 0 Å². The minimum absolute atomic E-state index is 0.126. The first kappa shape index (κ1) is 22.4. The van der Waals surface area contributed by atoms with E-state index in [1.54, 1.807) is 6.08 Å². The van der Waals surface area contributed by atoms with Gasteiger partial charge in [0.25, 0.3) is 8.32 Å². The zero-order valence-electron chi connectivity index (χ0n) is 16.7. The highest BCUT2D eigenvalue weighted by molar-refractivity contribution is 6.79. The number of hydrogen-bond donors (Lipinski definition) is 0. The van der Waals surface area contributed by atoms with E-state index in [2.05, 4.69) is 48.5 Å². The molecule has 0 rings (SSSR count). The molecule has 0 aromatic rings. The van der Waals surface area contributed by atoms with E-state index in [0.29, 0.717) is 16.6 Å². The molecule has 0 aliphatic carbocycles. The molecule has 0 aliphatic heterocycles. The van der Waals surface area contributed by atoms with E-state index in [0.717, 1.165) is 6.42 Å². The van der Waals surface area contributed by atoms with Crippen LogP contribution >= 0.6 is 0 Å². The predicted molar refractivity (Wildman–Crippen MR) is 104 cm³/mol. The van der Waals surface area contributed by atoms with Crippen LogP contribution in [0.3, 0.4) is 0 Å². The van der Waals surface area contributed by atoms with Gasteiger partial charge in [-0.3, -0.25) is 0 Å². The summed E-state index contributed by atoms with van der Waals surface area (Å²) in [4.78, 5) is 12.3. The van der Waals surface area contributed by atoms with Gasteiger partial charge >= 0.3 is 5.97 Å². The van der Waals surface area contributed by atoms with Gasteiger partial charge in [0.15, 0.2) is 0 Å². The lowest BCUT2D eigenvalue weighted by Gasteiger charge is -2.40. The Balaban J connectivity index is 4.36. The third-order valence-corrected chi connectivity index (χ3v) is 10.9. The van der Waals surface area contributed by atoms with Crippen molar-refractivity contribution in [1.82, 2.24) is 0 Å². The van der Waals surface area contributed by atoms with E-state index >= 15 is 0 Å². The van der Waals surface area contributed by atoms with Crippen molar-refractivity contribution in [1.29, 1.82) is 0 Å². The Morgan fingerprint density at radius 2 is 1.35 bits per heavy atom. The quantitative estimate of drug-likeness (QED) is 0.217. The van der Waals surface area contributed by atoms with Crippen LogP contribution in [0.15, 0.2) is 12.2 Å². The van der Waals surface area contributed by atoms with E-state index in [9.17, 15) is 4.79 Å². The highest BCUT2D eigenvalue weighted by Gasteiger charge is 2.47.